The smallest absolute Gasteiger partial charge is 0.253 e. The number of aromatic nitrogens is 2. The van der Waals surface area contributed by atoms with Crippen molar-refractivity contribution in [3.8, 4) is 5.82 Å². The maximum absolute atomic E-state index is 13.0. The largest absolute Gasteiger partial charge is 0.360 e. The molecule has 2 aliphatic carbocycles. The van der Waals surface area contributed by atoms with E-state index in [-0.39, 0.29) is 11.9 Å². The third-order valence-corrected chi connectivity index (χ3v) is 6.19. The molecule has 1 amide bonds. The van der Waals surface area contributed by atoms with E-state index in [2.05, 4.69) is 10.5 Å². The lowest BCUT2D eigenvalue weighted by atomic mass is 9.67. The molecule has 0 spiro atoms. The minimum atomic E-state index is 0.0157. The highest BCUT2D eigenvalue weighted by atomic mass is 16.5. The van der Waals surface area contributed by atoms with Gasteiger partial charge in [-0.1, -0.05) is 11.6 Å². The van der Waals surface area contributed by atoms with Crippen molar-refractivity contribution in [3.63, 3.8) is 0 Å². The monoisotopic (exact) mass is 356 g/mol. The summed E-state index contributed by atoms with van der Waals surface area (Å²) in [5.41, 5.74) is 8.80. The third kappa shape index (κ3) is 2.96. The first-order chi connectivity index (χ1) is 12.4. The van der Waals surface area contributed by atoms with Gasteiger partial charge in [-0.05, 0) is 64.4 Å². The molecule has 2 unspecified atom stereocenters. The lowest BCUT2D eigenvalue weighted by Crippen LogP contribution is -2.53. The topological polar surface area (TPSA) is 86.1 Å². The molecular formula is C20H28N4O2. The van der Waals surface area contributed by atoms with Crippen LogP contribution < -0.4 is 11.1 Å². The minimum absolute atomic E-state index is 0.0157. The highest BCUT2D eigenvalue weighted by Gasteiger charge is 2.40. The summed E-state index contributed by atoms with van der Waals surface area (Å²) in [7, 11) is 0. The van der Waals surface area contributed by atoms with Gasteiger partial charge in [0.05, 0.1) is 5.56 Å². The van der Waals surface area contributed by atoms with Gasteiger partial charge in [0.1, 0.15) is 5.76 Å². The molecule has 2 atom stereocenters. The van der Waals surface area contributed by atoms with Crippen LogP contribution >= 0.6 is 0 Å². The number of nitrogens with two attached hydrogens (primary N) is 1. The molecule has 140 valence electrons. The van der Waals surface area contributed by atoms with Gasteiger partial charge in [0.15, 0.2) is 5.82 Å². The molecule has 26 heavy (non-hydrogen) atoms. The Kier molecular flexibility index (Phi) is 4.39. The molecule has 2 bridgehead atoms. The lowest BCUT2D eigenvalue weighted by molar-refractivity contribution is 0.0755. The molecule has 2 heterocycles. The fourth-order valence-corrected chi connectivity index (χ4v) is 5.06. The van der Waals surface area contributed by atoms with E-state index in [1.165, 1.54) is 19.3 Å². The number of rotatable bonds is 3. The summed E-state index contributed by atoms with van der Waals surface area (Å²) in [5.74, 6) is 2.52. The van der Waals surface area contributed by atoms with Gasteiger partial charge in [-0.3, -0.25) is 9.36 Å². The van der Waals surface area contributed by atoms with Gasteiger partial charge >= 0.3 is 0 Å². The van der Waals surface area contributed by atoms with Gasteiger partial charge in [0.2, 0.25) is 0 Å². The molecule has 6 heteroatoms. The number of nitrogens with one attached hydrogen (secondary N) is 1. The van der Waals surface area contributed by atoms with E-state index < -0.39 is 0 Å². The summed E-state index contributed by atoms with van der Waals surface area (Å²) >= 11 is 0. The fourth-order valence-electron chi connectivity index (χ4n) is 5.06. The molecule has 0 aliphatic heterocycles. The molecule has 4 rings (SSSR count). The van der Waals surface area contributed by atoms with Gasteiger partial charge in [0.25, 0.3) is 5.91 Å². The average molecular weight is 356 g/mol. The van der Waals surface area contributed by atoms with Crippen LogP contribution in [0.4, 0.5) is 0 Å². The Labute approximate surface area is 154 Å². The van der Waals surface area contributed by atoms with Gasteiger partial charge < -0.3 is 15.6 Å². The molecule has 6 nitrogen and oxygen atoms in total. The van der Waals surface area contributed by atoms with Crippen molar-refractivity contribution in [1.29, 1.82) is 0 Å². The number of carbonyl (C=O) groups excluding carboxylic acids is 1. The molecule has 2 aromatic heterocycles. The summed E-state index contributed by atoms with van der Waals surface area (Å²) in [6, 6.07) is 4.38. The zero-order valence-corrected chi connectivity index (χ0v) is 15.8. The molecule has 0 radical (unpaired) electrons. The normalized spacial score (nSPS) is 28.2. The highest BCUT2D eigenvalue weighted by molar-refractivity contribution is 5.96. The minimum Gasteiger partial charge on any atom is -0.360 e. The first-order valence-electron chi connectivity index (χ1n) is 9.63. The highest BCUT2D eigenvalue weighted by Crippen LogP contribution is 2.39. The van der Waals surface area contributed by atoms with Crippen molar-refractivity contribution in [3.05, 3.63) is 34.8 Å². The Hall–Kier alpha value is -2.08. The van der Waals surface area contributed by atoms with Gasteiger partial charge in [-0.15, -0.1) is 0 Å². The van der Waals surface area contributed by atoms with Crippen LogP contribution in [0.3, 0.4) is 0 Å². The standard InChI is InChI=1S/C20H28N4O2/c1-11-7-17(13(3)24(11)18-8-12(2)26-23-18)20(25)22-19-14-5-4-6-15(19)10-16(21)9-14/h7-8,14-16,19H,4-6,9-10,21H2,1-3H3,(H,22,25). The van der Waals surface area contributed by atoms with Crippen LogP contribution in [0.1, 0.15) is 59.6 Å². The van der Waals surface area contributed by atoms with Crippen molar-refractivity contribution in [2.24, 2.45) is 17.6 Å². The van der Waals surface area contributed by atoms with Crippen molar-refractivity contribution in [1.82, 2.24) is 15.0 Å². The Morgan fingerprint density at radius 1 is 1.23 bits per heavy atom. The summed E-state index contributed by atoms with van der Waals surface area (Å²) in [5, 5.41) is 7.44. The molecule has 2 saturated carbocycles. The van der Waals surface area contributed by atoms with Crippen molar-refractivity contribution in [2.75, 3.05) is 0 Å². The zero-order chi connectivity index (χ0) is 18.4. The van der Waals surface area contributed by atoms with Crippen LogP contribution in [0, 0.1) is 32.6 Å². The molecule has 0 saturated heterocycles. The van der Waals surface area contributed by atoms with E-state index in [1.54, 1.807) is 0 Å². The predicted octanol–water partition coefficient (Wildman–Crippen LogP) is 3.03. The third-order valence-electron chi connectivity index (χ3n) is 6.19. The van der Waals surface area contributed by atoms with Gasteiger partial charge in [-0.25, -0.2) is 0 Å². The van der Waals surface area contributed by atoms with E-state index in [0.717, 1.165) is 41.4 Å². The number of hydrogen-bond donors (Lipinski definition) is 2. The fraction of sp³-hybridized carbons (Fsp3) is 0.600. The number of nitrogens with zero attached hydrogens (tertiary/aromatic N) is 2. The molecule has 2 fully saturated rings. The zero-order valence-electron chi connectivity index (χ0n) is 15.8. The molecule has 2 aliphatic rings. The van der Waals surface area contributed by atoms with E-state index in [4.69, 9.17) is 10.3 Å². The Morgan fingerprint density at radius 3 is 2.54 bits per heavy atom. The lowest BCUT2D eigenvalue weighted by Gasteiger charge is -2.45. The SMILES string of the molecule is Cc1cc(-n2c(C)cc(C(=O)NC3C4CCCC3CC(N)C4)c2C)no1. The number of carbonyl (C=O) groups is 1. The number of fused-ring (bicyclic) bond motifs is 2. The van der Waals surface area contributed by atoms with E-state index in [9.17, 15) is 4.79 Å². The average Bonchev–Trinajstić information content (AvgIpc) is 3.11. The summed E-state index contributed by atoms with van der Waals surface area (Å²) < 4.78 is 7.17. The predicted molar refractivity (Wildman–Crippen MR) is 99.3 cm³/mol. The van der Waals surface area contributed by atoms with Crippen molar-refractivity contribution < 1.29 is 9.32 Å². The Bertz CT molecular complexity index is 808. The molecule has 0 aromatic carbocycles. The first-order valence-corrected chi connectivity index (χ1v) is 9.63. The second-order valence-electron chi connectivity index (χ2n) is 8.10. The van der Waals surface area contributed by atoms with Gasteiger partial charge in [-0.2, -0.15) is 0 Å². The summed E-state index contributed by atoms with van der Waals surface area (Å²) in [6.07, 6.45) is 5.66. The number of hydrogen-bond acceptors (Lipinski definition) is 4. The summed E-state index contributed by atoms with van der Waals surface area (Å²) in [4.78, 5) is 13.0. The van der Waals surface area contributed by atoms with Crippen LogP contribution in [0.15, 0.2) is 16.7 Å². The quantitative estimate of drug-likeness (QED) is 0.885. The number of aryl methyl sites for hydroxylation is 2. The van der Waals surface area contributed by atoms with Crippen molar-refractivity contribution in [2.45, 2.75) is 65.0 Å². The summed E-state index contributed by atoms with van der Waals surface area (Å²) in [6.45, 7) is 5.82. The van der Waals surface area contributed by atoms with E-state index in [0.29, 0.717) is 17.9 Å². The van der Waals surface area contributed by atoms with E-state index >= 15 is 0 Å². The maximum atomic E-state index is 13.0. The Morgan fingerprint density at radius 2 is 1.92 bits per heavy atom. The van der Waals surface area contributed by atoms with E-state index in [1.807, 2.05) is 37.5 Å². The van der Waals surface area contributed by atoms with Crippen LogP contribution in [0.25, 0.3) is 5.82 Å². The molecule has 2 aromatic rings. The van der Waals surface area contributed by atoms with Crippen molar-refractivity contribution >= 4 is 5.91 Å². The van der Waals surface area contributed by atoms with Gasteiger partial charge in [0, 0.05) is 29.5 Å². The van der Waals surface area contributed by atoms with Crippen LogP contribution in [-0.4, -0.2) is 27.7 Å². The first kappa shape index (κ1) is 17.3. The molecule has 3 N–H and O–H groups in total. The maximum Gasteiger partial charge on any atom is 0.253 e. The Balaban J connectivity index is 1.57. The van der Waals surface area contributed by atoms with Crippen LogP contribution in [0.2, 0.25) is 0 Å². The second-order valence-corrected chi connectivity index (χ2v) is 8.10. The molecular weight excluding hydrogens is 328 g/mol. The number of amides is 1. The van der Waals surface area contributed by atoms with Crippen LogP contribution in [0.5, 0.6) is 0 Å². The van der Waals surface area contributed by atoms with Crippen LogP contribution in [-0.2, 0) is 0 Å². The second kappa shape index (κ2) is 6.58.